The standard InChI is InChI=1S/C14H22BrN3O2S/c1-2-16-11-12-6-8-18(9-7-12)21(19,20)17-14-5-3-4-13(15)10-14/h3-5,10,12,16-17H,2,6-9,11H2,1H3. The van der Waals surface area contributed by atoms with Crippen molar-refractivity contribution in [2.24, 2.45) is 5.92 Å². The summed E-state index contributed by atoms with van der Waals surface area (Å²) in [5.74, 6) is 0.572. The summed E-state index contributed by atoms with van der Waals surface area (Å²) in [5, 5.41) is 3.33. The van der Waals surface area contributed by atoms with E-state index in [9.17, 15) is 8.42 Å². The number of benzene rings is 1. The average molecular weight is 376 g/mol. The van der Waals surface area contributed by atoms with Gasteiger partial charge in [0.05, 0.1) is 5.69 Å². The lowest BCUT2D eigenvalue weighted by Gasteiger charge is -2.31. The van der Waals surface area contributed by atoms with Gasteiger partial charge in [0.25, 0.3) is 0 Å². The molecule has 0 aromatic heterocycles. The van der Waals surface area contributed by atoms with Crippen molar-refractivity contribution in [3.8, 4) is 0 Å². The van der Waals surface area contributed by atoms with Gasteiger partial charge in [0.2, 0.25) is 0 Å². The fourth-order valence-corrected chi connectivity index (χ4v) is 4.11. The molecule has 1 aromatic rings. The fraction of sp³-hybridized carbons (Fsp3) is 0.571. The van der Waals surface area contributed by atoms with E-state index in [0.29, 0.717) is 24.7 Å². The molecule has 1 aliphatic heterocycles. The summed E-state index contributed by atoms with van der Waals surface area (Å²) in [7, 11) is -3.45. The molecule has 5 nitrogen and oxygen atoms in total. The number of hydrogen-bond acceptors (Lipinski definition) is 3. The third-order valence-corrected chi connectivity index (χ3v) is 5.70. The molecule has 0 aliphatic carbocycles. The Morgan fingerprint density at radius 3 is 2.67 bits per heavy atom. The van der Waals surface area contributed by atoms with Crippen LogP contribution in [0.1, 0.15) is 19.8 Å². The molecule has 1 heterocycles. The molecule has 0 spiro atoms. The van der Waals surface area contributed by atoms with Crippen LogP contribution in [0.25, 0.3) is 0 Å². The zero-order valence-corrected chi connectivity index (χ0v) is 14.6. The predicted molar refractivity (Wildman–Crippen MR) is 89.5 cm³/mol. The Kier molecular flexibility index (Phi) is 6.04. The van der Waals surface area contributed by atoms with E-state index in [2.05, 4.69) is 32.9 Å². The largest absolute Gasteiger partial charge is 0.317 e. The number of rotatable bonds is 6. The first-order chi connectivity index (χ1) is 10.0. The first kappa shape index (κ1) is 16.7. The molecule has 0 unspecified atom stereocenters. The highest BCUT2D eigenvalue weighted by Gasteiger charge is 2.27. The van der Waals surface area contributed by atoms with E-state index in [0.717, 1.165) is 30.4 Å². The maximum Gasteiger partial charge on any atom is 0.301 e. The smallest absolute Gasteiger partial charge is 0.301 e. The van der Waals surface area contributed by atoms with E-state index in [1.54, 1.807) is 12.1 Å². The number of hydrogen-bond donors (Lipinski definition) is 2. The monoisotopic (exact) mass is 375 g/mol. The van der Waals surface area contributed by atoms with Crippen molar-refractivity contribution in [2.45, 2.75) is 19.8 Å². The van der Waals surface area contributed by atoms with E-state index in [1.165, 1.54) is 4.31 Å². The third kappa shape index (κ3) is 4.95. The second-order valence-electron chi connectivity index (χ2n) is 5.27. The summed E-state index contributed by atoms with van der Waals surface area (Å²) in [5.41, 5.74) is 0.583. The third-order valence-electron chi connectivity index (χ3n) is 3.67. The number of piperidine rings is 1. The van der Waals surface area contributed by atoms with Gasteiger partial charge in [-0.15, -0.1) is 0 Å². The minimum atomic E-state index is -3.45. The van der Waals surface area contributed by atoms with Gasteiger partial charge in [-0.3, -0.25) is 4.72 Å². The molecule has 21 heavy (non-hydrogen) atoms. The maximum absolute atomic E-state index is 12.4. The molecule has 1 saturated heterocycles. The summed E-state index contributed by atoms with van der Waals surface area (Å²) in [6, 6.07) is 7.18. The highest BCUT2D eigenvalue weighted by molar-refractivity contribution is 9.10. The van der Waals surface area contributed by atoms with E-state index >= 15 is 0 Å². The molecule has 1 aromatic carbocycles. The Morgan fingerprint density at radius 1 is 1.33 bits per heavy atom. The van der Waals surface area contributed by atoms with Crippen molar-refractivity contribution in [3.05, 3.63) is 28.7 Å². The number of halogens is 1. The molecule has 0 atom stereocenters. The molecule has 2 rings (SSSR count). The Bertz CT molecular complexity index is 557. The quantitative estimate of drug-likeness (QED) is 0.802. The highest BCUT2D eigenvalue weighted by atomic mass is 79.9. The van der Waals surface area contributed by atoms with Gasteiger partial charge in [-0.05, 0) is 50.0 Å². The van der Waals surface area contributed by atoms with E-state index in [-0.39, 0.29) is 0 Å². The van der Waals surface area contributed by atoms with Crippen LogP contribution in [0.3, 0.4) is 0 Å². The van der Waals surface area contributed by atoms with Crippen molar-refractivity contribution >= 4 is 31.8 Å². The summed E-state index contributed by atoms with van der Waals surface area (Å²) >= 11 is 3.34. The first-order valence-corrected chi connectivity index (χ1v) is 9.48. The van der Waals surface area contributed by atoms with Gasteiger partial charge in [0.1, 0.15) is 0 Å². The Balaban J connectivity index is 1.92. The highest BCUT2D eigenvalue weighted by Crippen LogP contribution is 2.22. The zero-order valence-electron chi connectivity index (χ0n) is 12.2. The molecule has 2 N–H and O–H groups in total. The van der Waals surface area contributed by atoms with Crippen LogP contribution in [0, 0.1) is 5.92 Å². The normalized spacial score (nSPS) is 17.8. The summed E-state index contributed by atoms with van der Waals surface area (Å²) < 4.78 is 29.8. The number of nitrogens with zero attached hydrogens (tertiary/aromatic N) is 1. The van der Waals surface area contributed by atoms with E-state index in [1.807, 2.05) is 12.1 Å². The van der Waals surface area contributed by atoms with Crippen molar-refractivity contribution in [2.75, 3.05) is 30.9 Å². The lowest BCUT2D eigenvalue weighted by atomic mass is 9.98. The molecule has 0 amide bonds. The van der Waals surface area contributed by atoms with Gasteiger partial charge >= 0.3 is 10.2 Å². The van der Waals surface area contributed by atoms with Gasteiger partial charge < -0.3 is 5.32 Å². The molecule has 118 valence electrons. The molecule has 1 aliphatic rings. The molecule has 0 bridgehead atoms. The lowest BCUT2D eigenvalue weighted by molar-refractivity contribution is 0.269. The van der Waals surface area contributed by atoms with Crippen molar-refractivity contribution in [3.63, 3.8) is 0 Å². The van der Waals surface area contributed by atoms with Crippen LogP contribution in [0.4, 0.5) is 5.69 Å². The van der Waals surface area contributed by atoms with Crippen LogP contribution in [0.5, 0.6) is 0 Å². The molecule has 0 saturated carbocycles. The van der Waals surface area contributed by atoms with Crippen molar-refractivity contribution < 1.29 is 8.42 Å². The summed E-state index contributed by atoms with van der Waals surface area (Å²) in [6.07, 6.45) is 1.82. The Hall–Kier alpha value is -0.630. The first-order valence-electron chi connectivity index (χ1n) is 7.25. The van der Waals surface area contributed by atoms with Crippen LogP contribution in [-0.2, 0) is 10.2 Å². The molecule has 7 heteroatoms. The number of anilines is 1. The minimum absolute atomic E-state index is 0.572. The fourth-order valence-electron chi connectivity index (χ4n) is 2.47. The van der Waals surface area contributed by atoms with Gasteiger partial charge in [0, 0.05) is 17.6 Å². The second kappa shape index (κ2) is 7.58. The zero-order chi connectivity index (χ0) is 15.3. The van der Waals surface area contributed by atoms with Crippen LogP contribution < -0.4 is 10.0 Å². The summed E-state index contributed by atoms with van der Waals surface area (Å²) in [6.45, 7) is 5.19. The maximum atomic E-state index is 12.4. The minimum Gasteiger partial charge on any atom is -0.317 e. The molecular formula is C14H22BrN3O2S. The van der Waals surface area contributed by atoms with Gasteiger partial charge in [-0.25, -0.2) is 0 Å². The van der Waals surface area contributed by atoms with Crippen LogP contribution in [0.15, 0.2) is 28.7 Å². The number of nitrogens with one attached hydrogen (secondary N) is 2. The molecular weight excluding hydrogens is 354 g/mol. The average Bonchev–Trinajstić information content (AvgIpc) is 2.45. The van der Waals surface area contributed by atoms with E-state index < -0.39 is 10.2 Å². The second-order valence-corrected chi connectivity index (χ2v) is 7.85. The Labute approximate surface area is 135 Å². The van der Waals surface area contributed by atoms with Crippen LogP contribution in [-0.4, -0.2) is 38.9 Å². The lowest BCUT2D eigenvalue weighted by Crippen LogP contribution is -2.43. The molecule has 0 radical (unpaired) electrons. The van der Waals surface area contributed by atoms with E-state index in [4.69, 9.17) is 0 Å². The van der Waals surface area contributed by atoms with Gasteiger partial charge in [-0.2, -0.15) is 12.7 Å². The van der Waals surface area contributed by atoms with Gasteiger partial charge in [-0.1, -0.05) is 28.9 Å². The van der Waals surface area contributed by atoms with Crippen LogP contribution >= 0.6 is 15.9 Å². The molecule has 1 fully saturated rings. The van der Waals surface area contributed by atoms with Crippen molar-refractivity contribution in [1.29, 1.82) is 0 Å². The van der Waals surface area contributed by atoms with Crippen LogP contribution in [0.2, 0.25) is 0 Å². The SMILES string of the molecule is CCNCC1CCN(S(=O)(=O)Nc2cccc(Br)c2)CC1. The summed E-state index contributed by atoms with van der Waals surface area (Å²) in [4.78, 5) is 0. The van der Waals surface area contributed by atoms with Gasteiger partial charge in [0.15, 0.2) is 0 Å². The van der Waals surface area contributed by atoms with Crippen molar-refractivity contribution in [1.82, 2.24) is 9.62 Å². The topological polar surface area (TPSA) is 61.4 Å². The predicted octanol–water partition coefficient (Wildman–Crippen LogP) is 2.43. The Morgan fingerprint density at radius 2 is 2.05 bits per heavy atom.